The van der Waals surface area contributed by atoms with Crippen LogP contribution >= 0.6 is 0 Å². The molecule has 1 fully saturated rings. The molecule has 1 N–H and O–H groups in total. The fourth-order valence-corrected chi connectivity index (χ4v) is 1.98. The lowest BCUT2D eigenvalue weighted by Crippen LogP contribution is -2.28. The second-order valence-electron chi connectivity index (χ2n) is 4.20. The zero-order valence-corrected chi connectivity index (χ0v) is 10.2. The third-order valence-corrected chi connectivity index (χ3v) is 2.97. The summed E-state index contributed by atoms with van der Waals surface area (Å²) < 4.78 is 10.5. The SMILES string of the molecule is COc1ccc(OC[C@H]2CCCN2)c([N+](=O)[O-])c1. The molecule has 1 atom stereocenters. The zero-order chi connectivity index (χ0) is 13.0. The normalized spacial score (nSPS) is 18.6. The summed E-state index contributed by atoms with van der Waals surface area (Å²) in [6, 6.07) is 4.89. The van der Waals surface area contributed by atoms with Gasteiger partial charge in [-0.2, -0.15) is 0 Å². The van der Waals surface area contributed by atoms with Crippen LogP contribution in [0.5, 0.6) is 11.5 Å². The molecule has 0 aliphatic carbocycles. The molecule has 1 aromatic rings. The van der Waals surface area contributed by atoms with E-state index in [9.17, 15) is 10.1 Å². The van der Waals surface area contributed by atoms with Gasteiger partial charge < -0.3 is 14.8 Å². The van der Waals surface area contributed by atoms with Crippen LogP contribution < -0.4 is 14.8 Å². The first kappa shape index (κ1) is 12.6. The summed E-state index contributed by atoms with van der Waals surface area (Å²) in [5.41, 5.74) is -0.0626. The number of rotatable bonds is 5. The minimum atomic E-state index is -0.458. The minimum absolute atomic E-state index is 0.0626. The number of methoxy groups -OCH3 is 1. The highest BCUT2D eigenvalue weighted by atomic mass is 16.6. The highest BCUT2D eigenvalue weighted by Gasteiger charge is 2.19. The molecule has 2 rings (SSSR count). The summed E-state index contributed by atoms with van der Waals surface area (Å²) in [7, 11) is 1.47. The highest BCUT2D eigenvalue weighted by Crippen LogP contribution is 2.31. The van der Waals surface area contributed by atoms with Gasteiger partial charge in [-0.05, 0) is 31.5 Å². The van der Waals surface area contributed by atoms with E-state index < -0.39 is 4.92 Å². The van der Waals surface area contributed by atoms with E-state index in [4.69, 9.17) is 9.47 Å². The average molecular weight is 252 g/mol. The van der Waals surface area contributed by atoms with Crippen molar-refractivity contribution in [3.8, 4) is 11.5 Å². The lowest BCUT2D eigenvalue weighted by molar-refractivity contribution is -0.386. The van der Waals surface area contributed by atoms with Crippen LogP contribution in [-0.4, -0.2) is 31.2 Å². The predicted molar refractivity (Wildman–Crippen MR) is 66.2 cm³/mol. The van der Waals surface area contributed by atoms with Crippen molar-refractivity contribution in [1.82, 2.24) is 5.32 Å². The number of ether oxygens (including phenoxy) is 2. The van der Waals surface area contributed by atoms with Crippen LogP contribution in [0.25, 0.3) is 0 Å². The molecule has 1 saturated heterocycles. The minimum Gasteiger partial charge on any atom is -0.496 e. The van der Waals surface area contributed by atoms with E-state index in [-0.39, 0.29) is 17.5 Å². The van der Waals surface area contributed by atoms with E-state index in [2.05, 4.69) is 5.32 Å². The molecule has 98 valence electrons. The van der Waals surface area contributed by atoms with Gasteiger partial charge in [-0.1, -0.05) is 0 Å². The Morgan fingerprint density at radius 3 is 3.00 bits per heavy atom. The first-order chi connectivity index (χ1) is 8.70. The van der Waals surface area contributed by atoms with Gasteiger partial charge in [0, 0.05) is 6.04 Å². The summed E-state index contributed by atoms with van der Waals surface area (Å²) in [6.45, 7) is 1.44. The number of nitro benzene ring substituents is 1. The van der Waals surface area contributed by atoms with Crippen LogP contribution in [0.1, 0.15) is 12.8 Å². The molecular weight excluding hydrogens is 236 g/mol. The number of hydrogen-bond acceptors (Lipinski definition) is 5. The summed E-state index contributed by atoms with van der Waals surface area (Å²) in [5.74, 6) is 0.738. The Balaban J connectivity index is 2.08. The molecule has 0 unspecified atom stereocenters. The van der Waals surface area contributed by atoms with E-state index in [0.717, 1.165) is 19.4 Å². The zero-order valence-electron chi connectivity index (χ0n) is 10.2. The molecule has 6 nitrogen and oxygen atoms in total. The maximum absolute atomic E-state index is 10.9. The van der Waals surface area contributed by atoms with Gasteiger partial charge in [0.2, 0.25) is 0 Å². The molecule has 18 heavy (non-hydrogen) atoms. The molecule has 6 heteroatoms. The molecule has 1 aromatic carbocycles. The van der Waals surface area contributed by atoms with Crippen molar-refractivity contribution in [1.29, 1.82) is 0 Å². The topological polar surface area (TPSA) is 73.6 Å². The maximum atomic E-state index is 10.9. The van der Waals surface area contributed by atoms with Crippen molar-refractivity contribution in [3.63, 3.8) is 0 Å². The number of benzene rings is 1. The second-order valence-corrected chi connectivity index (χ2v) is 4.20. The van der Waals surface area contributed by atoms with Gasteiger partial charge in [-0.3, -0.25) is 10.1 Å². The molecule has 0 radical (unpaired) electrons. The van der Waals surface area contributed by atoms with Gasteiger partial charge in [0.15, 0.2) is 5.75 Å². The average Bonchev–Trinajstić information content (AvgIpc) is 2.89. The lowest BCUT2D eigenvalue weighted by atomic mass is 10.2. The van der Waals surface area contributed by atoms with Gasteiger partial charge in [0.05, 0.1) is 18.1 Å². The summed E-state index contributed by atoms with van der Waals surface area (Å²) in [6.07, 6.45) is 2.17. The van der Waals surface area contributed by atoms with E-state index >= 15 is 0 Å². The predicted octanol–water partition coefficient (Wildman–Crippen LogP) is 1.73. The summed E-state index contributed by atoms with van der Waals surface area (Å²) in [4.78, 5) is 10.5. The van der Waals surface area contributed by atoms with Crippen molar-refractivity contribution in [2.75, 3.05) is 20.3 Å². The molecule has 0 spiro atoms. The number of hydrogen-bond donors (Lipinski definition) is 1. The van der Waals surface area contributed by atoms with Crippen LogP contribution in [0.4, 0.5) is 5.69 Å². The largest absolute Gasteiger partial charge is 0.496 e. The van der Waals surface area contributed by atoms with E-state index in [0.29, 0.717) is 12.4 Å². The van der Waals surface area contributed by atoms with Crippen LogP contribution in [0, 0.1) is 10.1 Å². The van der Waals surface area contributed by atoms with Crippen molar-refractivity contribution in [3.05, 3.63) is 28.3 Å². The van der Waals surface area contributed by atoms with Crippen molar-refractivity contribution >= 4 is 5.69 Å². The molecule has 0 aromatic heterocycles. The third-order valence-electron chi connectivity index (χ3n) is 2.97. The summed E-state index contributed by atoms with van der Waals surface area (Å²) >= 11 is 0. The molecule has 1 heterocycles. The number of nitrogens with one attached hydrogen (secondary N) is 1. The first-order valence-electron chi connectivity index (χ1n) is 5.89. The molecule has 1 aliphatic rings. The first-order valence-corrected chi connectivity index (χ1v) is 5.89. The monoisotopic (exact) mass is 252 g/mol. The van der Waals surface area contributed by atoms with Crippen LogP contribution in [0.3, 0.4) is 0 Å². The Bertz CT molecular complexity index is 430. The number of nitrogens with zero attached hydrogens (tertiary/aromatic N) is 1. The maximum Gasteiger partial charge on any atom is 0.314 e. The Labute approximate surface area is 105 Å². The molecular formula is C12H16N2O4. The second kappa shape index (κ2) is 5.68. The van der Waals surface area contributed by atoms with Gasteiger partial charge >= 0.3 is 5.69 Å². The quantitative estimate of drug-likeness (QED) is 0.638. The third kappa shape index (κ3) is 2.89. The van der Waals surface area contributed by atoms with Gasteiger partial charge in [0.25, 0.3) is 0 Å². The summed E-state index contributed by atoms with van der Waals surface area (Å²) in [5, 5.41) is 14.2. The van der Waals surface area contributed by atoms with Gasteiger partial charge in [-0.25, -0.2) is 0 Å². The van der Waals surface area contributed by atoms with E-state index in [1.54, 1.807) is 12.1 Å². The fourth-order valence-electron chi connectivity index (χ4n) is 1.98. The Morgan fingerprint density at radius 1 is 1.56 bits per heavy atom. The molecule has 0 bridgehead atoms. The van der Waals surface area contributed by atoms with Crippen LogP contribution in [0.2, 0.25) is 0 Å². The smallest absolute Gasteiger partial charge is 0.314 e. The van der Waals surface area contributed by atoms with Gasteiger partial charge in [-0.15, -0.1) is 0 Å². The van der Waals surface area contributed by atoms with E-state index in [1.807, 2.05) is 0 Å². The Morgan fingerprint density at radius 2 is 2.39 bits per heavy atom. The van der Waals surface area contributed by atoms with Crippen molar-refractivity contribution < 1.29 is 14.4 Å². The molecule has 0 saturated carbocycles. The van der Waals surface area contributed by atoms with Gasteiger partial charge in [0.1, 0.15) is 12.4 Å². The molecule has 1 aliphatic heterocycles. The van der Waals surface area contributed by atoms with Crippen molar-refractivity contribution in [2.24, 2.45) is 0 Å². The van der Waals surface area contributed by atoms with E-state index in [1.165, 1.54) is 13.2 Å². The lowest BCUT2D eigenvalue weighted by Gasteiger charge is -2.12. The fraction of sp³-hybridized carbons (Fsp3) is 0.500. The Kier molecular flexibility index (Phi) is 3.99. The van der Waals surface area contributed by atoms with Crippen LogP contribution in [0.15, 0.2) is 18.2 Å². The Hall–Kier alpha value is -1.82. The number of nitro groups is 1. The van der Waals surface area contributed by atoms with Crippen LogP contribution in [-0.2, 0) is 0 Å². The standard InChI is InChI=1S/C12H16N2O4/c1-17-10-4-5-12(11(7-10)14(15)16)18-8-9-3-2-6-13-9/h4-5,7,9,13H,2-3,6,8H2,1H3/t9-/m1/s1. The molecule has 0 amide bonds. The highest BCUT2D eigenvalue weighted by molar-refractivity contribution is 5.50. The van der Waals surface area contributed by atoms with Crippen molar-refractivity contribution in [2.45, 2.75) is 18.9 Å².